The molecule has 0 spiro atoms. The summed E-state index contributed by atoms with van der Waals surface area (Å²) in [7, 11) is 0. The Morgan fingerprint density at radius 3 is 2.60 bits per heavy atom. The lowest BCUT2D eigenvalue weighted by Gasteiger charge is -2.35. The van der Waals surface area contributed by atoms with Gasteiger partial charge in [-0.1, -0.05) is 18.2 Å². The van der Waals surface area contributed by atoms with Crippen molar-refractivity contribution in [1.29, 1.82) is 0 Å². The van der Waals surface area contributed by atoms with Gasteiger partial charge in [-0.25, -0.2) is 0 Å². The average molecular weight is 274 g/mol. The molecule has 0 amide bonds. The fourth-order valence-corrected chi connectivity index (χ4v) is 3.28. The van der Waals surface area contributed by atoms with E-state index in [1.807, 2.05) is 0 Å². The van der Waals surface area contributed by atoms with E-state index in [-0.39, 0.29) is 0 Å². The summed E-state index contributed by atoms with van der Waals surface area (Å²) in [6.07, 6.45) is 5.07. The number of nitrogens with one attached hydrogen (secondary N) is 1. The minimum atomic E-state index is 0.692. The third-order valence-corrected chi connectivity index (χ3v) is 4.57. The van der Waals surface area contributed by atoms with Crippen LogP contribution in [0.5, 0.6) is 0 Å². The van der Waals surface area contributed by atoms with Crippen LogP contribution in [0, 0.1) is 5.92 Å². The smallest absolute Gasteiger partial charge is 0.0506 e. The lowest BCUT2D eigenvalue weighted by Crippen LogP contribution is -2.44. The van der Waals surface area contributed by atoms with E-state index in [1.165, 1.54) is 44.5 Å². The van der Waals surface area contributed by atoms with Crippen LogP contribution in [0.25, 0.3) is 0 Å². The van der Waals surface area contributed by atoms with E-state index in [0.717, 1.165) is 25.7 Å². The highest BCUT2D eigenvalue weighted by Crippen LogP contribution is 2.20. The highest BCUT2D eigenvalue weighted by Gasteiger charge is 2.21. The molecule has 20 heavy (non-hydrogen) atoms. The van der Waals surface area contributed by atoms with E-state index in [2.05, 4.69) is 40.5 Å². The van der Waals surface area contributed by atoms with Gasteiger partial charge < -0.3 is 15.0 Å². The van der Waals surface area contributed by atoms with Gasteiger partial charge in [-0.2, -0.15) is 0 Å². The van der Waals surface area contributed by atoms with Crippen molar-refractivity contribution >= 4 is 5.69 Å². The standard InChI is InChI=1S/C17H26N2O/c1-2-6-17(7-3-1)19-10-8-16(9-11-19)18-13-15-5-4-12-20-14-15/h1-3,6-7,15-16,18H,4-5,8-14H2. The minimum absolute atomic E-state index is 0.692. The first kappa shape index (κ1) is 13.9. The molecule has 3 rings (SSSR count). The number of benzene rings is 1. The molecule has 2 saturated heterocycles. The van der Waals surface area contributed by atoms with E-state index < -0.39 is 0 Å². The molecule has 0 radical (unpaired) electrons. The van der Waals surface area contributed by atoms with E-state index in [1.54, 1.807) is 0 Å². The molecule has 1 atom stereocenters. The van der Waals surface area contributed by atoms with Crippen LogP contribution in [0.4, 0.5) is 5.69 Å². The number of hydrogen-bond acceptors (Lipinski definition) is 3. The fraction of sp³-hybridized carbons (Fsp3) is 0.647. The Balaban J connectivity index is 1.40. The van der Waals surface area contributed by atoms with Crippen molar-refractivity contribution in [3.63, 3.8) is 0 Å². The molecule has 0 bridgehead atoms. The summed E-state index contributed by atoms with van der Waals surface area (Å²) in [5, 5.41) is 3.76. The zero-order valence-electron chi connectivity index (χ0n) is 12.3. The predicted molar refractivity (Wildman–Crippen MR) is 83.2 cm³/mol. The van der Waals surface area contributed by atoms with Gasteiger partial charge in [0.15, 0.2) is 0 Å². The van der Waals surface area contributed by atoms with Gasteiger partial charge in [-0.15, -0.1) is 0 Å². The van der Waals surface area contributed by atoms with Crippen LogP contribution in [0.15, 0.2) is 30.3 Å². The van der Waals surface area contributed by atoms with Crippen molar-refractivity contribution in [3.05, 3.63) is 30.3 Å². The number of rotatable bonds is 4. The normalized spacial score (nSPS) is 24.8. The Kier molecular flexibility index (Phi) is 4.93. The van der Waals surface area contributed by atoms with Crippen LogP contribution < -0.4 is 10.2 Å². The van der Waals surface area contributed by atoms with E-state index in [4.69, 9.17) is 4.74 Å². The second kappa shape index (κ2) is 7.09. The number of hydrogen-bond donors (Lipinski definition) is 1. The molecule has 2 aliphatic heterocycles. The molecule has 0 aliphatic carbocycles. The highest BCUT2D eigenvalue weighted by atomic mass is 16.5. The molecule has 0 aromatic heterocycles. The van der Waals surface area contributed by atoms with Gasteiger partial charge in [0.25, 0.3) is 0 Å². The maximum Gasteiger partial charge on any atom is 0.0506 e. The van der Waals surface area contributed by atoms with Crippen molar-refractivity contribution in [3.8, 4) is 0 Å². The van der Waals surface area contributed by atoms with Crippen molar-refractivity contribution in [2.24, 2.45) is 5.92 Å². The van der Waals surface area contributed by atoms with Gasteiger partial charge in [-0.3, -0.25) is 0 Å². The fourth-order valence-electron chi connectivity index (χ4n) is 3.28. The molecule has 1 N–H and O–H groups in total. The lowest BCUT2D eigenvalue weighted by molar-refractivity contribution is 0.0535. The largest absolute Gasteiger partial charge is 0.381 e. The Labute approximate surface area is 122 Å². The Hall–Kier alpha value is -1.06. The molecule has 2 aliphatic rings. The second-order valence-electron chi connectivity index (χ2n) is 6.09. The van der Waals surface area contributed by atoms with Gasteiger partial charge in [0.05, 0.1) is 6.61 Å². The number of para-hydroxylation sites is 1. The van der Waals surface area contributed by atoms with Crippen LogP contribution in [0.1, 0.15) is 25.7 Å². The quantitative estimate of drug-likeness (QED) is 0.913. The Bertz CT molecular complexity index is 381. The summed E-state index contributed by atoms with van der Waals surface area (Å²) >= 11 is 0. The van der Waals surface area contributed by atoms with Crippen LogP contribution in [-0.2, 0) is 4.74 Å². The highest BCUT2D eigenvalue weighted by molar-refractivity contribution is 5.46. The average Bonchev–Trinajstić information content (AvgIpc) is 2.55. The van der Waals surface area contributed by atoms with Crippen molar-refractivity contribution in [2.45, 2.75) is 31.7 Å². The van der Waals surface area contributed by atoms with Gasteiger partial charge in [-0.05, 0) is 43.7 Å². The molecular weight excluding hydrogens is 248 g/mol. The first-order valence-corrected chi connectivity index (χ1v) is 8.03. The Morgan fingerprint density at radius 2 is 1.90 bits per heavy atom. The summed E-state index contributed by atoms with van der Waals surface area (Å²) in [5.41, 5.74) is 1.37. The number of ether oxygens (including phenoxy) is 1. The summed E-state index contributed by atoms with van der Waals surface area (Å²) < 4.78 is 5.55. The SMILES string of the molecule is c1ccc(N2CCC(NCC3CCCOC3)CC2)cc1. The summed E-state index contributed by atoms with van der Waals surface area (Å²) in [4.78, 5) is 2.50. The molecule has 0 saturated carbocycles. The van der Waals surface area contributed by atoms with E-state index in [9.17, 15) is 0 Å². The Morgan fingerprint density at radius 1 is 1.10 bits per heavy atom. The van der Waals surface area contributed by atoms with E-state index in [0.29, 0.717) is 6.04 Å². The van der Waals surface area contributed by atoms with Gasteiger partial charge >= 0.3 is 0 Å². The van der Waals surface area contributed by atoms with Gasteiger partial charge in [0.2, 0.25) is 0 Å². The molecule has 1 aromatic rings. The van der Waals surface area contributed by atoms with Crippen LogP contribution in [-0.4, -0.2) is 38.9 Å². The molecule has 2 fully saturated rings. The molecule has 3 nitrogen and oxygen atoms in total. The molecule has 3 heteroatoms. The first-order chi connectivity index (χ1) is 9.92. The molecular formula is C17H26N2O. The zero-order valence-corrected chi connectivity index (χ0v) is 12.3. The first-order valence-electron chi connectivity index (χ1n) is 8.03. The monoisotopic (exact) mass is 274 g/mol. The summed E-state index contributed by atoms with van der Waals surface area (Å²) in [6.45, 7) is 5.39. The third kappa shape index (κ3) is 3.74. The predicted octanol–water partition coefficient (Wildman–Crippen LogP) is 2.67. The maximum absolute atomic E-state index is 5.55. The van der Waals surface area contributed by atoms with Crippen LogP contribution in [0.3, 0.4) is 0 Å². The van der Waals surface area contributed by atoms with E-state index >= 15 is 0 Å². The second-order valence-corrected chi connectivity index (χ2v) is 6.09. The van der Waals surface area contributed by atoms with Gasteiger partial charge in [0.1, 0.15) is 0 Å². The molecule has 1 aromatic carbocycles. The zero-order chi connectivity index (χ0) is 13.6. The molecule has 110 valence electrons. The lowest BCUT2D eigenvalue weighted by atomic mass is 10.00. The number of nitrogens with zero attached hydrogens (tertiary/aromatic N) is 1. The maximum atomic E-state index is 5.55. The summed E-state index contributed by atoms with van der Waals surface area (Å²) in [5.74, 6) is 0.732. The summed E-state index contributed by atoms with van der Waals surface area (Å²) in [6, 6.07) is 11.5. The van der Waals surface area contributed by atoms with Crippen LogP contribution in [0.2, 0.25) is 0 Å². The third-order valence-electron chi connectivity index (χ3n) is 4.57. The molecule has 2 heterocycles. The minimum Gasteiger partial charge on any atom is -0.381 e. The van der Waals surface area contributed by atoms with Gasteiger partial charge in [0, 0.05) is 38.0 Å². The van der Waals surface area contributed by atoms with Crippen molar-refractivity contribution in [2.75, 3.05) is 37.7 Å². The number of piperidine rings is 1. The number of anilines is 1. The van der Waals surface area contributed by atoms with Crippen LogP contribution >= 0.6 is 0 Å². The van der Waals surface area contributed by atoms with Crippen molar-refractivity contribution < 1.29 is 4.74 Å². The topological polar surface area (TPSA) is 24.5 Å². The molecule has 1 unspecified atom stereocenters. The van der Waals surface area contributed by atoms with Crippen molar-refractivity contribution in [1.82, 2.24) is 5.32 Å².